The molecule has 114 valence electrons. The van der Waals surface area contributed by atoms with Crippen LogP contribution < -0.4 is 5.73 Å². The Kier molecular flexibility index (Phi) is 5.47. The highest BCUT2D eigenvalue weighted by atomic mass is 79.9. The summed E-state index contributed by atoms with van der Waals surface area (Å²) in [5.74, 6) is 1.63. The second kappa shape index (κ2) is 7.13. The van der Waals surface area contributed by atoms with Crippen molar-refractivity contribution in [2.24, 2.45) is 17.6 Å². The van der Waals surface area contributed by atoms with Gasteiger partial charge in [-0.3, -0.25) is 0 Å². The number of aromatic nitrogens is 2. The Labute approximate surface area is 132 Å². The van der Waals surface area contributed by atoms with Crippen LogP contribution in [0.25, 0.3) is 11.4 Å². The van der Waals surface area contributed by atoms with Gasteiger partial charge < -0.3 is 10.3 Å². The quantitative estimate of drug-likeness (QED) is 0.855. The van der Waals surface area contributed by atoms with Gasteiger partial charge in [0.1, 0.15) is 5.82 Å². The minimum atomic E-state index is -0.317. The summed E-state index contributed by atoms with van der Waals surface area (Å²) in [6.07, 6.45) is 1.69. The molecule has 0 aliphatic rings. The van der Waals surface area contributed by atoms with Gasteiger partial charge in [0.2, 0.25) is 11.7 Å². The number of benzene rings is 1. The summed E-state index contributed by atoms with van der Waals surface area (Å²) in [4.78, 5) is 4.37. The Morgan fingerprint density at radius 3 is 2.76 bits per heavy atom. The van der Waals surface area contributed by atoms with Crippen molar-refractivity contribution in [3.8, 4) is 11.4 Å². The molecule has 6 heteroatoms. The molecule has 0 radical (unpaired) electrons. The van der Waals surface area contributed by atoms with Crippen molar-refractivity contribution >= 4 is 15.9 Å². The highest BCUT2D eigenvalue weighted by Gasteiger charge is 2.16. The third kappa shape index (κ3) is 4.35. The van der Waals surface area contributed by atoms with Crippen LogP contribution in [0.3, 0.4) is 0 Å². The van der Waals surface area contributed by atoms with E-state index in [9.17, 15) is 4.39 Å². The molecule has 0 bridgehead atoms. The largest absolute Gasteiger partial charge is 0.339 e. The summed E-state index contributed by atoms with van der Waals surface area (Å²) in [6, 6.07) is 4.64. The second-order valence-electron chi connectivity index (χ2n) is 5.58. The van der Waals surface area contributed by atoms with Crippen molar-refractivity contribution in [1.82, 2.24) is 10.1 Å². The van der Waals surface area contributed by atoms with Crippen LogP contribution in [0.1, 0.15) is 26.2 Å². The maximum Gasteiger partial charge on any atom is 0.227 e. The zero-order valence-corrected chi connectivity index (χ0v) is 13.7. The van der Waals surface area contributed by atoms with Crippen molar-refractivity contribution in [2.45, 2.75) is 26.7 Å². The molecule has 0 aliphatic heterocycles. The van der Waals surface area contributed by atoms with E-state index in [1.165, 1.54) is 6.07 Å². The van der Waals surface area contributed by atoms with Crippen LogP contribution in [0.4, 0.5) is 4.39 Å². The third-order valence-corrected chi connectivity index (χ3v) is 3.85. The lowest BCUT2D eigenvalue weighted by molar-refractivity contribution is 0.332. The SMILES string of the molecule is CC(C)CC(CN)Cc1nc(-c2ccc(F)c(Br)c2)no1. The Morgan fingerprint density at radius 1 is 1.38 bits per heavy atom. The molecule has 21 heavy (non-hydrogen) atoms. The van der Waals surface area contributed by atoms with Gasteiger partial charge in [-0.15, -0.1) is 0 Å². The summed E-state index contributed by atoms with van der Waals surface area (Å²) in [5.41, 5.74) is 6.50. The second-order valence-corrected chi connectivity index (χ2v) is 6.43. The molecule has 4 nitrogen and oxygen atoms in total. The average Bonchev–Trinajstić information content (AvgIpc) is 2.89. The average molecular weight is 356 g/mol. The Balaban J connectivity index is 2.11. The minimum Gasteiger partial charge on any atom is -0.339 e. The molecule has 1 heterocycles. The van der Waals surface area contributed by atoms with Crippen molar-refractivity contribution < 1.29 is 8.91 Å². The molecule has 1 atom stereocenters. The maximum absolute atomic E-state index is 13.2. The van der Waals surface area contributed by atoms with E-state index >= 15 is 0 Å². The summed E-state index contributed by atoms with van der Waals surface area (Å²) >= 11 is 3.15. The van der Waals surface area contributed by atoms with Crippen molar-refractivity contribution in [2.75, 3.05) is 6.54 Å². The first kappa shape index (κ1) is 16.1. The predicted molar refractivity (Wildman–Crippen MR) is 83.1 cm³/mol. The van der Waals surface area contributed by atoms with E-state index in [2.05, 4.69) is 39.9 Å². The van der Waals surface area contributed by atoms with E-state index in [4.69, 9.17) is 10.3 Å². The van der Waals surface area contributed by atoms with E-state index < -0.39 is 0 Å². The first-order valence-electron chi connectivity index (χ1n) is 6.97. The lowest BCUT2D eigenvalue weighted by atomic mass is 9.94. The predicted octanol–water partition coefficient (Wildman–Crippen LogP) is 3.80. The van der Waals surface area contributed by atoms with E-state index in [0.717, 1.165) is 6.42 Å². The maximum atomic E-state index is 13.2. The first-order valence-corrected chi connectivity index (χ1v) is 7.77. The molecular weight excluding hydrogens is 337 g/mol. The lowest BCUT2D eigenvalue weighted by Crippen LogP contribution is -2.19. The standard InChI is InChI=1S/C15H19BrFN3O/c1-9(2)5-10(8-18)6-14-19-15(20-21-14)11-3-4-13(17)12(16)7-11/h3-4,7,9-10H,5-6,8,18H2,1-2H3. The Morgan fingerprint density at radius 2 is 2.14 bits per heavy atom. The van der Waals surface area contributed by atoms with Crippen LogP contribution in [0, 0.1) is 17.7 Å². The number of hydrogen-bond acceptors (Lipinski definition) is 4. The first-order chi connectivity index (χ1) is 9.99. The van der Waals surface area contributed by atoms with Crippen molar-refractivity contribution in [3.05, 3.63) is 34.4 Å². The van der Waals surface area contributed by atoms with Gasteiger partial charge in [-0.1, -0.05) is 19.0 Å². The molecule has 1 unspecified atom stereocenters. The number of nitrogens with zero attached hydrogens (tertiary/aromatic N) is 2. The fourth-order valence-corrected chi connectivity index (χ4v) is 2.65. The van der Waals surface area contributed by atoms with Crippen LogP contribution in [0.5, 0.6) is 0 Å². The molecule has 2 rings (SSSR count). The summed E-state index contributed by atoms with van der Waals surface area (Å²) < 4.78 is 18.9. The lowest BCUT2D eigenvalue weighted by Gasteiger charge is -2.14. The summed E-state index contributed by atoms with van der Waals surface area (Å²) in [6.45, 7) is 4.92. The molecule has 0 aliphatic carbocycles. The summed E-state index contributed by atoms with van der Waals surface area (Å²) in [7, 11) is 0. The van der Waals surface area contributed by atoms with Crippen LogP contribution in [0.2, 0.25) is 0 Å². The fraction of sp³-hybridized carbons (Fsp3) is 0.467. The van der Waals surface area contributed by atoms with Gasteiger partial charge in [-0.2, -0.15) is 4.98 Å². The van der Waals surface area contributed by atoms with Gasteiger partial charge in [0.05, 0.1) is 4.47 Å². The van der Waals surface area contributed by atoms with Crippen LogP contribution >= 0.6 is 15.9 Å². The Hall–Kier alpha value is -1.27. The number of hydrogen-bond donors (Lipinski definition) is 1. The molecule has 2 aromatic rings. The van der Waals surface area contributed by atoms with Crippen LogP contribution in [-0.2, 0) is 6.42 Å². The van der Waals surface area contributed by atoms with E-state index in [0.29, 0.717) is 46.6 Å². The number of rotatable bonds is 6. The molecule has 0 saturated heterocycles. The molecule has 0 fully saturated rings. The van der Waals surface area contributed by atoms with Crippen LogP contribution in [-0.4, -0.2) is 16.7 Å². The van der Waals surface area contributed by atoms with Gasteiger partial charge in [0, 0.05) is 12.0 Å². The number of halogens is 2. The van der Waals surface area contributed by atoms with Crippen molar-refractivity contribution in [3.63, 3.8) is 0 Å². The van der Waals surface area contributed by atoms with Gasteiger partial charge in [0.25, 0.3) is 0 Å². The Bertz CT molecular complexity index is 600. The molecule has 1 aromatic carbocycles. The molecule has 0 spiro atoms. The van der Waals surface area contributed by atoms with Gasteiger partial charge in [-0.05, 0) is 58.9 Å². The molecule has 0 amide bonds. The topological polar surface area (TPSA) is 64.9 Å². The fourth-order valence-electron chi connectivity index (χ4n) is 2.27. The van der Waals surface area contributed by atoms with Gasteiger partial charge in [0.15, 0.2) is 0 Å². The van der Waals surface area contributed by atoms with Gasteiger partial charge >= 0.3 is 0 Å². The smallest absolute Gasteiger partial charge is 0.227 e. The van der Waals surface area contributed by atoms with E-state index in [1.54, 1.807) is 12.1 Å². The summed E-state index contributed by atoms with van der Waals surface area (Å²) in [5, 5.41) is 3.95. The zero-order valence-electron chi connectivity index (χ0n) is 12.1. The van der Waals surface area contributed by atoms with E-state index in [1.807, 2.05) is 0 Å². The van der Waals surface area contributed by atoms with Crippen LogP contribution in [0.15, 0.2) is 27.2 Å². The normalized spacial score (nSPS) is 12.9. The third-order valence-electron chi connectivity index (χ3n) is 3.25. The molecule has 1 aromatic heterocycles. The minimum absolute atomic E-state index is 0.317. The monoisotopic (exact) mass is 355 g/mol. The zero-order chi connectivity index (χ0) is 15.4. The molecule has 2 N–H and O–H groups in total. The highest BCUT2D eigenvalue weighted by Crippen LogP contribution is 2.24. The molecule has 0 saturated carbocycles. The highest BCUT2D eigenvalue weighted by molar-refractivity contribution is 9.10. The molecular formula is C15H19BrFN3O. The van der Waals surface area contributed by atoms with E-state index in [-0.39, 0.29) is 5.82 Å². The van der Waals surface area contributed by atoms with Crippen molar-refractivity contribution in [1.29, 1.82) is 0 Å². The number of nitrogens with two attached hydrogens (primary N) is 1. The van der Waals surface area contributed by atoms with Gasteiger partial charge in [-0.25, -0.2) is 4.39 Å².